The van der Waals surface area contributed by atoms with Gasteiger partial charge in [0.05, 0.1) is 12.2 Å². The van der Waals surface area contributed by atoms with Crippen molar-refractivity contribution in [2.24, 2.45) is 7.05 Å². The minimum Gasteiger partial charge on any atom is -0.362 e. The van der Waals surface area contributed by atoms with Gasteiger partial charge in [-0.15, -0.1) is 0 Å². The van der Waals surface area contributed by atoms with Crippen LogP contribution >= 0.6 is 0 Å². The Bertz CT molecular complexity index is 581. The number of anilines is 1. The summed E-state index contributed by atoms with van der Waals surface area (Å²) < 4.78 is 1.96. The second-order valence-electron chi connectivity index (χ2n) is 5.76. The third-order valence-electron chi connectivity index (χ3n) is 4.46. The average molecular weight is 269 g/mol. The van der Waals surface area contributed by atoms with Crippen molar-refractivity contribution >= 4 is 5.69 Å². The van der Waals surface area contributed by atoms with Crippen molar-refractivity contribution in [2.75, 3.05) is 4.90 Å². The molecule has 0 amide bonds. The van der Waals surface area contributed by atoms with Crippen LogP contribution in [0.3, 0.4) is 0 Å². The van der Waals surface area contributed by atoms with E-state index in [1.165, 1.54) is 41.9 Å². The molecule has 1 aromatic carbocycles. The number of para-hydroxylation sites is 1. The summed E-state index contributed by atoms with van der Waals surface area (Å²) in [4.78, 5) is 2.54. The van der Waals surface area contributed by atoms with Gasteiger partial charge in [-0.05, 0) is 43.9 Å². The van der Waals surface area contributed by atoms with Gasteiger partial charge < -0.3 is 4.90 Å². The molecule has 106 valence electrons. The summed E-state index contributed by atoms with van der Waals surface area (Å²) in [6.07, 6.45) is 3.64. The lowest BCUT2D eigenvalue weighted by Crippen LogP contribution is -2.38. The molecule has 1 aliphatic heterocycles. The fourth-order valence-electron chi connectivity index (χ4n) is 3.20. The first-order valence-corrected chi connectivity index (χ1v) is 7.53. The lowest BCUT2D eigenvalue weighted by atomic mass is 9.94. The molecular weight excluding hydrogens is 246 g/mol. The Labute approximate surface area is 121 Å². The topological polar surface area (TPSA) is 21.1 Å². The fraction of sp³-hybridized carbons (Fsp3) is 0.471. The second-order valence-corrected chi connectivity index (χ2v) is 5.76. The molecule has 2 heterocycles. The fourth-order valence-corrected chi connectivity index (χ4v) is 3.20. The summed E-state index contributed by atoms with van der Waals surface area (Å²) >= 11 is 0. The van der Waals surface area contributed by atoms with Crippen LogP contribution in [0.2, 0.25) is 0 Å². The van der Waals surface area contributed by atoms with Gasteiger partial charge in [0.25, 0.3) is 0 Å². The number of benzene rings is 1. The third-order valence-corrected chi connectivity index (χ3v) is 4.46. The molecule has 0 saturated heterocycles. The first kappa shape index (κ1) is 13.2. The van der Waals surface area contributed by atoms with Gasteiger partial charge >= 0.3 is 0 Å². The first-order chi connectivity index (χ1) is 9.69. The molecule has 3 nitrogen and oxygen atoms in total. The van der Waals surface area contributed by atoms with Crippen molar-refractivity contribution in [1.82, 2.24) is 9.78 Å². The maximum absolute atomic E-state index is 4.62. The van der Waals surface area contributed by atoms with E-state index in [9.17, 15) is 0 Å². The molecule has 1 atom stereocenters. The molecule has 1 aliphatic rings. The van der Waals surface area contributed by atoms with E-state index in [1.807, 2.05) is 11.7 Å². The zero-order valence-corrected chi connectivity index (χ0v) is 12.6. The highest BCUT2D eigenvalue weighted by Crippen LogP contribution is 2.32. The van der Waals surface area contributed by atoms with Crippen LogP contribution < -0.4 is 4.90 Å². The minimum atomic E-state index is 0.632. The Morgan fingerprint density at radius 2 is 2.10 bits per heavy atom. The van der Waals surface area contributed by atoms with E-state index in [1.54, 1.807) is 0 Å². The van der Waals surface area contributed by atoms with E-state index in [0.29, 0.717) is 6.04 Å². The molecule has 2 aromatic rings. The Kier molecular flexibility index (Phi) is 3.51. The van der Waals surface area contributed by atoms with Crippen LogP contribution in [0.25, 0.3) is 0 Å². The molecule has 3 heteroatoms. The van der Waals surface area contributed by atoms with Gasteiger partial charge in [-0.3, -0.25) is 4.68 Å². The van der Waals surface area contributed by atoms with Crippen molar-refractivity contribution in [3.05, 3.63) is 47.3 Å². The maximum atomic E-state index is 4.62. The van der Waals surface area contributed by atoms with Gasteiger partial charge in [-0.1, -0.05) is 25.1 Å². The summed E-state index contributed by atoms with van der Waals surface area (Å²) in [7, 11) is 2.01. The predicted octanol–water partition coefficient (Wildman–Crippen LogP) is 3.46. The molecule has 20 heavy (non-hydrogen) atoms. The molecule has 0 N–H and O–H groups in total. The third kappa shape index (κ3) is 2.33. The lowest BCUT2D eigenvalue weighted by molar-refractivity contribution is 0.506. The summed E-state index contributed by atoms with van der Waals surface area (Å²) in [6.45, 7) is 5.31. The van der Waals surface area contributed by atoms with Gasteiger partial charge in [0.2, 0.25) is 0 Å². The Balaban J connectivity index is 1.92. The normalized spacial score (nSPS) is 18.1. The van der Waals surface area contributed by atoms with Crippen molar-refractivity contribution in [3.8, 4) is 0 Å². The quantitative estimate of drug-likeness (QED) is 0.851. The SMILES string of the molecule is CC[C@@H]1CCc2ccccc2N1Cc1cc(C)n(C)n1. The van der Waals surface area contributed by atoms with Crippen LogP contribution in [0.15, 0.2) is 30.3 Å². The molecule has 0 unspecified atom stereocenters. The number of hydrogen-bond acceptors (Lipinski definition) is 2. The first-order valence-electron chi connectivity index (χ1n) is 7.53. The standard InChI is InChI=1S/C17H23N3/c1-4-16-10-9-14-7-5-6-8-17(14)20(16)12-15-11-13(2)19(3)18-15/h5-8,11,16H,4,9-10,12H2,1-3H3/t16-/m1/s1. The Morgan fingerprint density at radius 1 is 1.30 bits per heavy atom. The molecule has 0 fully saturated rings. The van der Waals surface area contributed by atoms with E-state index in [-0.39, 0.29) is 0 Å². The highest BCUT2D eigenvalue weighted by atomic mass is 15.3. The van der Waals surface area contributed by atoms with Crippen molar-refractivity contribution in [1.29, 1.82) is 0 Å². The molecular formula is C17H23N3. The van der Waals surface area contributed by atoms with Crippen molar-refractivity contribution in [2.45, 2.75) is 45.7 Å². The summed E-state index contributed by atoms with van der Waals surface area (Å²) in [5.41, 5.74) is 5.26. The highest BCUT2D eigenvalue weighted by molar-refractivity contribution is 5.56. The number of hydrogen-bond donors (Lipinski definition) is 0. The van der Waals surface area contributed by atoms with Crippen LogP contribution in [-0.2, 0) is 20.0 Å². The van der Waals surface area contributed by atoms with Crippen LogP contribution in [0.5, 0.6) is 0 Å². The molecule has 0 saturated carbocycles. The lowest BCUT2D eigenvalue weighted by Gasteiger charge is -2.38. The van der Waals surface area contributed by atoms with Crippen LogP contribution in [-0.4, -0.2) is 15.8 Å². The van der Waals surface area contributed by atoms with Gasteiger partial charge in [-0.25, -0.2) is 0 Å². The average Bonchev–Trinajstić information content (AvgIpc) is 2.78. The van der Waals surface area contributed by atoms with Gasteiger partial charge in [0.1, 0.15) is 0 Å². The summed E-state index contributed by atoms with van der Waals surface area (Å²) in [5, 5.41) is 4.62. The summed E-state index contributed by atoms with van der Waals surface area (Å²) in [6, 6.07) is 11.6. The van der Waals surface area contributed by atoms with E-state index in [4.69, 9.17) is 0 Å². The molecule has 0 bridgehead atoms. The molecule has 0 spiro atoms. The number of fused-ring (bicyclic) bond motifs is 1. The van der Waals surface area contributed by atoms with E-state index < -0.39 is 0 Å². The number of rotatable bonds is 3. The molecule has 0 radical (unpaired) electrons. The molecule has 3 rings (SSSR count). The zero-order valence-electron chi connectivity index (χ0n) is 12.6. The van der Waals surface area contributed by atoms with Crippen LogP contribution in [0.4, 0.5) is 5.69 Å². The van der Waals surface area contributed by atoms with E-state index >= 15 is 0 Å². The van der Waals surface area contributed by atoms with Crippen molar-refractivity contribution < 1.29 is 0 Å². The van der Waals surface area contributed by atoms with E-state index in [2.05, 4.69) is 54.2 Å². The number of nitrogens with zero attached hydrogens (tertiary/aromatic N) is 3. The highest BCUT2D eigenvalue weighted by Gasteiger charge is 2.25. The van der Waals surface area contributed by atoms with Gasteiger partial charge in [0, 0.05) is 24.5 Å². The molecule has 1 aromatic heterocycles. The smallest absolute Gasteiger partial charge is 0.0820 e. The number of aryl methyl sites for hydroxylation is 3. The van der Waals surface area contributed by atoms with Gasteiger partial charge in [0.15, 0.2) is 0 Å². The largest absolute Gasteiger partial charge is 0.362 e. The Hall–Kier alpha value is -1.77. The van der Waals surface area contributed by atoms with Crippen molar-refractivity contribution in [3.63, 3.8) is 0 Å². The van der Waals surface area contributed by atoms with Gasteiger partial charge in [-0.2, -0.15) is 5.10 Å². The zero-order chi connectivity index (χ0) is 14.1. The monoisotopic (exact) mass is 269 g/mol. The Morgan fingerprint density at radius 3 is 2.80 bits per heavy atom. The predicted molar refractivity (Wildman–Crippen MR) is 83.0 cm³/mol. The van der Waals surface area contributed by atoms with E-state index in [0.717, 1.165) is 6.54 Å². The molecule has 0 aliphatic carbocycles. The minimum absolute atomic E-state index is 0.632. The summed E-state index contributed by atoms with van der Waals surface area (Å²) in [5.74, 6) is 0. The number of aromatic nitrogens is 2. The van der Waals surface area contributed by atoms with Crippen LogP contribution in [0, 0.1) is 6.92 Å². The second kappa shape index (κ2) is 5.31. The maximum Gasteiger partial charge on any atom is 0.0820 e. The van der Waals surface area contributed by atoms with Crippen LogP contribution in [0.1, 0.15) is 36.7 Å².